The van der Waals surface area contributed by atoms with Crippen molar-refractivity contribution in [2.75, 3.05) is 0 Å². The maximum Gasteiger partial charge on any atom is 0.296 e. The predicted molar refractivity (Wildman–Crippen MR) is 97.5 cm³/mol. The molecule has 0 spiro atoms. The van der Waals surface area contributed by atoms with Crippen molar-refractivity contribution >= 4 is 60.6 Å². The smallest absolute Gasteiger partial charge is 0.282 e. The minimum absolute atomic E-state index is 0. The molecule has 0 saturated heterocycles. The summed E-state index contributed by atoms with van der Waals surface area (Å²) in [6.07, 6.45) is 0. The number of hydrogen-bond acceptors (Lipinski definition) is 4. The third-order valence-corrected chi connectivity index (χ3v) is 5.88. The standard InChI is InChI=1S/C16H20O6S2.Na/c1-9(2)13-11-7-5-6-8-12(11)15(23(17,18)19)16(24(20,21)22)14(13)10(3)4;/h5-10H,1-4H3,(H,17,18,19)(H,20,21,22);. The van der Waals surface area contributed by atoms with Crippen molar-refractivity contribution in [2.45, 2.75) is 49.3 Å². The molecule has 9 heteroatoms. The van der Waals surface area contributed by atoms with Gasteiger partial charge < -0.3 is 0 Å². The van der Waals surface area contributed by atoms with E-state index in [0.29, 0.717) is 10.9 Å². The van der Waals surface area contributed by atoms with Crippen molar-refractivity contribution in [1.82, 2.24) is 0 Å². The van der Waals surface area contributed by atoms with E-state index in [9.17, 15) is 25.9 Å². The largest absolute Gasteiger partial charge is 0.296 e. The van der Waals surface area contributed by atoms with Gasteiger partial charge in [-0.2, -0.15) is 16.8 Å². The zero-order valence-electron chi connectivity index (χ0n) is 14.8. The van der Waals surface area contributed by atoms with Crippen LogP contribution in [0.5, 0.6) is 0 Å². The molecule has 2 N–H and O–H groups in total. The van der Waals surface area contributed by atoms with E-state index in [0.717, 1.165) is 0 Å². The van der Waals surface area contributed by atoms with E-state index >= 15 is 0 Å². The molecule has 0 heterocycles. The summed E-state index contributed by atoms with van der Waals surface area (Å²) in [5.41, 5.74) is 0.847. The molecule has 0 aromatic heterocycles. The molecule has 2 rings (SSSR count). The van der Waals surface area contributed by atoms with Gasteiger partial charge in [0.05, 0.1) is 0 Å². The Kier molecular flexibility index (Phi) is 6.89. The number of benzene rings is 2. The molecule has 0 aliphatic heterocycles. The summed E-state index contributed by atoms with van der Waals surface area (Å²) in [5, 5.41) is 0.608. The molecule has 0 unspecified atom stereocenters. The van der Waals surface area contributed by atoms with Crippen molar-refractivity contribution < 1.29 is 25.9 Å². The average Bonchev–Trinajstić information content (AvgIpc) is 2.41. The van der Waals surface area contributed by atoms with Crippen molar-refractivity contribution in [3.63, 3.8) is 0 Å². The molecule has 2 aromatic carbocycles. The van der Waals surface area contributed by atoms with Gasteiger partial charge in [0.25, 0.3) is 20.2 Å². The molecule has 0 amide bonds. The Balaban J connectivity index is 0.00000312. The van der Waals surface area contributed by atoms with Crippen LogP contribution in [0.25, 0.3) is 10.8 Å². The van der Waals surface area contributed by atoms with Gasteiger partial charge in [-0.1, -0.05) is 52.0 Å². The Bertz CT molecular complexity index is 1010. The quantitative estimate of drug-likeness (QED) is 0.608. The maximum absolute atomic E-state index is 12.0. The summed E-state index contributed by atoms with van der Waals surface area (Å²) >= 11 is 0. The minimum Gasteiger partial charge on any atom is -0.282 e. The predicted octanol–water partition coefficient (Wildman–Crippen LogP) is 3.20. The Morgan fingerprint density at radius 3 is 1.48 bits per heavy atom. The second-order valence-corrected chi connectivity index (χ2v) is 9.01. The number of fused-ring (bicyclic) bond motifs is 1. The van der Waals surface area contributed by atoms with Gasteiger partial charge in [-0.15, -0.1) is 0 Å². The molecule has 1 radical (unpaired) electrons. The van der Waals surface area contributed by atoms with E-state index in [4.69, 9.17) is 0 Å². The molecular weight excluding hydrogens is 375 g/mol. The van der Waals surface area contributed by atoms with Crippen LogP contribution in [-0.2, 0) is 20.2 Å². The SMILES string of the molecule is CC(C)c1c(S(=O)(=O)O)c(S(=O)(=O)O)c2ccccc2c1C(C)C.[Na]. The van der Waals surface area contributed by atoms with E-state index in [1.165, 1.54) is 6.07 Å². The first-order valence-electron chi connectivity index (χ1n) is 7.40. The molecule has 0 bridgehead atoms. The van der Waals surface area contributed by atoms with Gasteiger partial charge in [0.1, 0.15) is 9.79 Å². The molecule has 6 nitrogen and oxygen atoms in total. The Morgan fingerprint density at radius 2 is 1.12 bits per heavy atom. The van der Waals surface area contributed by atoms with Crippen LogP contribution < -0.4 is 0 Å². The van der Waals surface area contributed by atoms with Crippen LogP contribution in [0, 0.1) is 0 Å². The van der Waals surface area contributed by atoms with E-state index < -0.39 is 30.0 Å². The second-order valence-electron chi connectivity index (χ2n) is 6.29. The number of hydrogen-bond donors (Lipinski definition) is 2. The second kappa shape index (κ2) is 7.64. The average molecular weight is 395 g/mol. The van der Waals surface area contributed by atoms with Crippen molar-refractivity contribution in [2.24, 2.45) is 0 Å². The van der Waals surface area contributed by atoms with Crippen molar-refractivity contribution in [1.29, 1.82) is 0 Å². The van der Waals surface area contributed by atoms with Gasteiger partial charge in [-0.25, -0.2) is 0 Å². The summed E-state index contributed by atoms with van der Waals surface area (Å²) in [7, 11) is -9.76. The van der Waals surface area contributed by atoms with E-state index in [-0.39, 0.29) is 52.3 Å². The van der Waals surface area contributed by atoms with Gasteiger partial charge in [0, 0.05) is 34.9 Å². The van der Waals surface area contributed by atoms with E-state index in [2.05, 4.69) is 0 Å². The Labute approximate surface area is 170 Å². The van der Waals surface area contributed by atoms with Crippen LogP contribution in [-0.4, -0.2) is 55.5 Å². The fraction of sp³-hybridized carbons (Fsp3) is 0.375. The molecular formula is C16H20NaO6S2. The zero-order valence-corrected chi connectivity index (χ0v) is 18.4. The summed E-state index contributed by atoms with van der Waals surface area (Å²) in [5.74, 6) is -0.507. The van der Waals surface area contributed by atoms with Gasteiger partial charge in [0.15, 0.2) is 0 Å². The van der Waals surface area contributed by atoms with Crippen LogP contribution in [0.3, 0.4) is 0 Å². The Hall–Kier alpha value is -0.480. The molecule has 0 aliphatic rings. The summed E-state index contributed by atoms with van der Waals surface area (Å²) in [6, 6.07) is 6.35. The van der Waals surface area contributed by atoms with Gasteiger partial charge in [-0.3, -0.25) is 9.11 Å². The maximum atomic E-state index is 12.0. The van der Waals surface area contributed by atoms with Crippen LogP contribution in [0.1, 0.15) is 50.7 Å². The molecule has 2 aromatic rings. The fourth-order valence-corrected chi connectivity index (χ4v) is 5.54. The molecule has 0 aliphatic carbocycles. The van der Waals surface area contributed by atoms with Crippen molar-refractivity contribution in [3.05, 3.63) is 35.4 Å². The van der Waals surface area contributed by atoms with Gasteiger partial charge in [0.2, 0.25) is 0 Å². The fourth-order valence-electron chi connectivity index (χ4n) is 3.14. The molecule has 0 fully saturated rings. The molecule has 0 saturated carbocycles. The molecule has 133 valence electrons. The van der Waals surface area contributed by atoms with E-state index in [1.807, 2.05) is 13.8 Å². The summed E-state index contributed by atoms with van der Waals surface area (Å²) in [4.78, 5) is -1.50. The third-order valence-electron chi connectivity index (χ3n) is 3.87. The number of rotatable bonds is 4. The third kappa shape index (κ3) is 4.27. The van der Waals surface area contributed by atoms with E-state index in [1.54, 1.807) is 32.0 Å². The van der Waals surface area contributed by atoms with Gasteiger partial charge in [-0.05, 0) is 28.3 Å². The van der Waals surface area contributed by atoms with Crippen LogP contribution >= 0.6 is 0 Å². The normalized spacial score (nSPS) is 12.6. The first-order valence-corrected chi connectivity index (χ1v) is 10.3. The van der Waals surface area contributed by atoms with Crippen LogP contribution in [0.15, 0.2) is 34.1 Å². The topological polar surface area (TPSA) is 109 Å². The zero-order chi connectivity index (χ0) is 18.4. The summed E-state index contributed by atoms with van der Waals surface area (Å²) < 4.78 is 67.3. The monoisotopic (exact) mass is 395 g/mol. The van der Waals surface area contributed by atoms with Crippen molar-refractivity contribution in [3.8, 4) is 0 Å². The molecule has 25 heavy (non-hydrogen) atoms. The molecule has 0 atom stereocenters. The Morgan fingerprint density at radius 1 is 0.720 bits per heavy atom. The van der Waals surface area contributed by atoms with Gasteiger partial charge >= 0.3 is 0 Å². The van der Waals surface area contributed by atoms with Crippen LogP contribution in [0.2, 0.25) is 0 Å². The van der Waals surface area contributed by atoms with Crippen LogP contribution in [0.4, 0.5) is 0 Å². The first-order chi connectivity index (χ1) is 10.9. The minimum atomic E-state index is -4.88. The summed E-state index contributed by atoms with van der Waals surface area (Å²) in [6.45, 7) is 7.12. The first kappa shape index (κ1) is 22.6.